The number of ether oxygens (including phenoxy) is 1. The first kappa shape index (κ1) is 25.1. The average molecular weight is 476 g/mol. The van der Waals surface area contributed by atoms with Crippen molar-refractivity contribution in [2.75, 3.05) is 13.2 Å². The second-order valence-corrected chi connectivity index (χ2v) is 9.16. The summed E-state index contributed by atoms with van der Waals surface area (Å²) in [5.41, 5.74) is 5.74. The van der Waals surface area contributed by atoms with E-state index in [-0.39, 0.29) is 23.7 Å². The van der Waals surface area contributed by atoms with Crippen LogP contribution in [-0.4, -0.2) is 36.4 Å². The van der Waals surface area contributed by atoms with Crippen LogP contribution in [0.25, 0.3) is 0 Å². The Bertz CT molecular complexity index is 1080. The summed E-state index contributed by atoms with van der Waals surface area (Å²) < 4.78 is 5.53. The van der Waals surface area contributed by atoms with E-state index < -0.39 is 0 Å². The van der Waals surface area contributed by atoms with E-state index in [1.54, 1.807) is 18.3 Å². The quantitative estimate of drug-likeness (QED) is 0.245. The predicted octanol–water partition coefficient (Wildman–Crippen LogP) is 4.36. The third-order valence-electron chi connectivity index (χ3n) is 4.92. The summed E-state index contributed by atoms with van der Waals surface area (Å²) in [7, 11) is 0. The van der Waals surface area contributed by atoms with Gasteiger partial charge in [0, 0.05) is 11.4 Å². The standard InChI is InChI=1S/C27H29N3O3S/c1-20-8-14-25(15-9-20)34-21(2)27(32)30-29-18-23-10-12-24(13-11-23)33-19-26(31)28-17-16-22-6-4-3-5-7-22/h3-15,18,21H,16-17,19H2,1-2H3,(H,28,31)(H,30,32)/b29-18-/t21-/m1/s1. The van der Waals surface area contributed by atoms with Crippen LogP contribution in [0.1, 0.15) is 23.6 Å². The van der Waals surface area contributed by atoms with Gasteiger partial charge in [-0.3, -0.25) is 9.59 Å². The van der Waals surface area contributed by atoms with E-state index in [2.05, 4.69) is 15.8 Å². The number of carbonyl (C=O) groups excluding carboxylic acids is 2. The Morgan fingerprint density at radius 2 is 1.71 bits per heavy atom. The number of benzene rings is 3. The Morgan fingerprint density at radius 3 is 2.41 bits per heavy atom. The molecule has 7 heteroatoms. The van der Waals surface area contributed by atoms with Gasteiger partial charge in [0.2, 0.25) is 0 Å². The average Bonchev–Trinajstić information content (AvgIpc) is 2.85. The molecule has 176 valence electrons. The van der Waals surface area contributed by atoms with E-state index in [1.165, 1.54) is 22.9 Å². The molecule has 0 aliphatic carbocycles. The van der Waals surface area contributed by atoms with Gasteiger partial charge in [0.05, 0.1) is 11.5 Å². The maximum absolute atomic E-state index is 12.3. The van der Waals surface area contributed by atoms with Crippen molar-refractivity contribution in [3.63, 3.8) is 0 Å². The first-order chi connectivity index (χ1) is 16.5. The molecule has 3 aromatic rings. The molecule has 0 aliphatic heterocycles. The molecule has 0 fully saturated rings. The van der Waals surface area contributed by atoms with E-state index in [9.17, 15) is 9.59 Å². The number of rotatable bonds is 11. The largest absolute Gasteiger partial charge is 0.484 e. The fraction of sp³-hybridized carbons (Fsp3) is 0.222. The number of aryl methyl sites for hydroxylation is 1. The van der Waals surface area contributed by atoms with Gasteiger partial charge in [-0.25, -0.2) is 5.43 Å². The Morgan fingerprint density at radius 1 is 1.00 bits per heavy atom. The van der Waals surface area contributed by atoms with Crippen molar-refractivity contribution in [2.45, 2.75) is 30.4 Å². The minimum Gasteiger partial charge on any atom is -0.484 e. The number of nitrogens with one attached hydrogen (secondary N) is 2. The highest BCUT2D eigenvalue weighted by atomic mass is 32.2. The number of amides is 2. The van der Waals surface area contributed by atoms with Gasteiger partial charge in [0.15, 0.2) is 6.61 Å². The number of nitrogens with zero attached hydrogens (tertiary/aromatic N) is 1. The number of thioether (sulfide) groups is 1. The van der Waals surface area contributed by atoms with Gasteiger partial charge in [-0.1, -0.05) is 48.0 Å². The minimum absolute atomic E-state index is 0.0468. The molecule has 3 rings (SSSR count). The molecular weight excluding hydrogens is 446 g/mol. The van der Waals surface area contributed by atoms with Crippen molar-refractivity contribution >= 4 is 29.8 Å². The van der Waals surface area contributed by atoms with Gasteiger partial charge in [-0.15, -0.1) is 11.8 Å². The third-order valence-corrected chi connectivity index (χ3v) is 6.03. The second-order valence-electron chi connectivity index (χ2n) is 7.75. The van der Waals surface area contributed by atoms with E-state index >= 15 is 0 Å². The molecule has 0 saturated carbocycles. The van der Waals surface area contributed by atoms with Crippen LogP contribution in [-0.2, 0) is 16.0 Å². The molecule has 0 saturated heterocycles. The first-order valence-electron chi connectivity index (χ1n) is 11.1. The molecule has 0 bridgehead atoms. The molecule has 0 aliphatic rings. The molecule has 3 aromatic carbocycles. The summed E-state index contributed by atoms with van der Waals surface area (Å²) in [5.74, 6) is 0.254. The van der Waals surface area contributed by atoms with E-state index in [4.69, 9.17) is 4.74 Å². The number of hydrazone groups is 1. The highest BCUT2D eigenvalue weighted by Crippen LogP contribution is 2.23. The van der Waals surface area contributed by atoms with E-state index in [0.717, 1.165) is 16.9 Å². The molecule has 0 unspecified atom stereocenters. The van der Waals surface area contributed by atoms with Crippen LogP contribution in [0.5, 0.6) is 5.75 Å². The van der Waals surface area contributed by atoms with Crippen molar-refractivity contribution < 1.29 is 14.3 Å². The summed E-state index contributed by atoms with van der Waals surface area (Å²) in [6.07, 6.45) is 2.35. The van der Waals surface area contributed by atoms with Crippen LogP contribution in [0.2, 0.25) is 0 Å². The lowest BCUT2D eigenvalue weighted by atomic mass is 10.1. The van der Waals surface area contributed by atoms with E-state index in [1.807, 2.05) is 80.6 Å². The zero-order valence-corrected chi connectivity index (χ0v) is 20.2. The van der Waals surface area contributed by atoms with E-state index in [0.29, 0.717) is 12.3 Å². The van der Waals surface area contributed by atoms with Gasteiger partial charge >= 0.3 is 0 Å². The van der Waals surface area contributed by atoms with Crippen LogP contribution in [0.15, 0.2) is 88.9 Å². The third kappa shape index (κ3) is 8.75. The van der Waals surface area contributed by atoms with Crippen LogP contribution in [0.4, 0.5) is 0 Å². The van der Waals surface area contributed by atoms with Gasteiger partial charge in [-0.2, -0.15) is 5.10 Å². The summed E-state index contributed by atoms with van der Waals surface area (Å²) in [6, 6.07) is 25.2. The van der Waals surface area contributed by atoms with Gasteiger partial charge in [-0.05, 0) is 67.8 Å². The molecule has 0 aromatic heterocycles. The van der Waals surface area contributed by atoms with Crippen LogP contribution in [0, 0.1) is 6.92 Å². The molecule has 0 heterocycles. The zero-order chi connectivity index (χ0) is 24.2. The van der Waals surface area contributed by atoms with Crippen molar-refractivity contribution in [3.8, 4) is 5.75 Å². The van der Waals surface area contributed by atoms with Crippen LogP contribution >= 0.6 is 11.8 Å². The molecule has 2 amide bonds. The fourth-order valence-corrected chi connectivity index (χ4v) is 3.84. The molecule has 0 spiro atoms. The summed E-state index contributed by atoms with van der Waals surface area (Å²) in [6.45, 7) is 4.40. The first-order valence-corrected chi connectivity index (χ1v) is 12.0. The van der Waals surface area contributed by atoms with Crippen molar-refractivity contribution in [1.29, 1.82) is 0 Å². The smallest absolute Gasteiger partial charge is 0.257 e. The summed E-state index contributed by atoms with van der Waals surface area (Å²) >= 11 is 1.48. The molecule has 34 heavy (non-hydrogen) atoms. The second kappa shape index (κ2) is 13.2. The summed E-state index contributed by atoms with van der Waals surface area (Å²) in [4.78, 5) is 25.3. The Balaban J connectivity index is 1.36. The number of hydrogen-bond donors (Lipinski definition) is 2. The SMILES string of the molecule is Cc1ccc(S[C@H](C)C(=O)N/N=C\c2ccc(OCC(=O)NCCc3ccccc3)cc2)cc1. The monoisotopic (exact) mass is 475 g/mol. The molecule has 6 nitrogen and oxygen atoms in total. The highest BCUT2D eigenvalue weighted by molar-refractivity contribution is 8.00. The summed E-state index contributed by atoms with van der Waals surface area (Å²) in [5, 5.41) is 6.62. The lowest BCUT2D eigenvalue weighted by Crippen LogP contribution is -2.30. The van der Waals surface area contributed by atoms with Crippen molar-refractivity contribution in [1.82, 2.24) is 10.7 Å². The number of hydrogen-bond acceptors (Lipinski definition) is 5. The lowest BCUT2D eigenvalue weighted by Gasteiger charge is -2.09. The minimum atomic E-state index is -0.269. The van der Waals surface area contributed by atoms with Gasteiger partial charge in [0.25, 0.3) is 11.8 Å². The normalized spacial score (nSPS) is 11.7. The Hall–Kier alpha value is -3.58. The lowest BCUT2D eigenvalue weighted by molar-refractivity contribution is -0.123. The van der Waals surface area contributed by atoms with Gasteiger partial charge < -0.3 is 10.1 Å². The predicted molar refractivity (Wildman–Crippen MR) is 137 cm³/mol. The van der Waals surface area contributed by atoms with Crippen molar-refractivity contribution in [3.05, 3.63) is 95.6 Å². The molecule has 2 N–H and O–H groups in total. The highest BCUT2D eigenvalue weighted by Gasteiger charge is 2.13. The Labute approximate surface area is 204 Å². The molecule has 1 atom stereocenters. The fourth-order valence-electron chi connectivity index (χ4n) is 2.98. The molecule has 0 radical (unpaired) electrons. The van der Waals surface area contributed by atoms with Crippen molar-refractivity contribution in [2.24, 2.45) is 5.10 Å². The Kier molecular flexibility index (Phi) is 9.73. The molecular formula is C27H29N3O3S. The maximum atomic E-state index is 12.3. The van der Waals surface area contributed by atoms with Crippen LogP contribution < -0.4 is 15.5 Å². The zero-order valence-electron chi connectivity index (χ0n) is 19.4. The topological polar surface area (TPSA) is 79.8 Å². The maximum Gasteiger partial charge on any atom is 0.257 e. The number of carbonyl (C=O) groups is 2. The van der Waals surface area contributed by atoms with Gasteiger partial charge in [0.1, 0.15) is 5.75 Å². The van der Waals surface area contributed by atoms with Crippen LogP contribution in [0.3, 0.4) is 0 Å².